The molecule has 0 radical (unpaired) electrons. The van der Waals surface area contributed by atoms with Crippen LogP contribution in [0, 0.1) is 5.82 Å². The molecule has 0 unspecified atom stereocenters. The molecule has 136 valence electrons. The maximum Gasteiger partial charge on any atom is 0.416 e. The lowest BCUT2D eigenvalue weighted by atomic mass is 9.81. The Balaban J connectivity index is 1.77. The van der Waals surface area contributed by atoms with Crippen LogP contribution in [0.4, 0.5) is 29.1 Å². The summed E-state index contributed by atoms with van der Waals surface area (Å²) in [5, 5.41) is 6.89. The van der Waals surface area contributed by atoms with E-state index in [2.05, 4.69) is 15.4 Å². The zero-order valence-electron chi connectivity index (χ0n) is 13.4. The zero-order valence-corrected chi connectivity index (χ0v) is 13.4. The number of aromatic amines is 1. The molecule has 0 atom stereocenters. The number of hydrogen-bond donors (Lipinski definition) is 2. The van der Waals surface area contributed by atoms with Crippen LogP contribution in [0.15, 0.2) is 35.3 Å². The molecule has 26 heavy (non-hydrogen) atoms. The molecule has 4 rings (SSSR count). The average molecular weight is 366 g/mol. The van der Waals surface area contributed by atoms with Crippen molar-refractivity contribution in [3.8, 4) is 0 Å². The summed E-state index contributed by atoms with van der Waals surface area (Å²) >= 11 is 0. The maximum atomic E-state index is 13.6. The Morgan fingerprint density at radius 3 is 2.62 bits per heavy atom. The largest absolute Gasteiger partial charge is 0.416 e. The van der Waals surface area contributed by atoms with Gasteiger partial charge in [0, 0.05) is 17.3 Å². The van der Waals surface area contributed by atoms with Crippen molar-refractivity contribution in [3.05, 3.63) is 57.8 Å². The van der Waals surface area contributed by atoms with E-state index < -0.39 is 23.1 Å². The van der Waals surface area contributed by atoms with Crippen molar-refractivity contribution in [2.75, 3.05) is 5.32 Å². The van der Waals surface area contributed by atoms with E-state index in [1.54, 1.807) is 6.20 Å². The molecule has 0 bridgehead atoms. The number of H-pyrrole nitrogens is 1. The lowest BCUT2D eigenvalue weighted by molar-refractivity contribution is -0.137. The zero-order chi connectivity index (χ0) is 18.5. The SMILES string of the molecule is O=c1cc(Nc2cc(F)cc(C(F)(F)F)c2)n2ncc(C3CCC3)c2[nH]1. The van der Waals surface area contributed by atoms with Crippen molar-refractivity contribution in [2.45, 2.75) is 31.4 Å². The van der Waals surface area contributed by atoms with Crippen LogP contribution < -0.4 is 10.9 Å². The summed E-state index contributed by atoms with van der Waals surface area (Å²) in [5.41, 5.74) is -0.264. The summed E-state index contributed by atoms with van der Waals surface area (Å²) in [6.45, 7) is 0. The molecule has 1 fully saturated rings. The van der Waals surface area contributed by atoms with E-state index in [1.165, 1.54) is 10.6 Å². The number of hydrogen-bond acceptors (Lipinski definition) is 3. The lowest BCUT2D eigenvalue weighted by Gasteiger charge is -2.24. The van der Waals surface area contributed by atoms with Crippen LogP contribution in [0.1, 0.15) is 36.3 Å². The lowest BCUT2D eigenvalue weighted by Crippen LogP contribution is -2.14. The first-order valence-corrected chi connectivity index (χ1v) is 8.07. The van der Waals surface area contributed by atoms with Crippen LogP contribution in [-0.2, 0) is 6.18 Å². The number of anilines is 2. The normalized spacial score (nSPS) is 15.2. The van der Waals surface area contributed by atoms with Crippen LogP contribution in [0.3, 0.4) is 0 Å². The number of rotatable bonds is 3. The summed E-state index contributed by atoms with van der Waals surface area (Å²) in [6.07, 6.45) is 0.0750. The molecule has 1 aromatic carbocycles. The second-order valence-corrected chi connectivity index (χ2v) is 6.36. The molecule has 0 spiro atoms. The van der Waals surface area contributed by atoms with Crippen LogP contribution in [0.5, 0.6) is 0 Å². The number of nitrogens with zero attached hydrogens (tertiary/aromatic N) is 2. The molecule has 0 saturated heterocycles. The van der Waals surface area contributed by atoms with Gasteiger partial charge < -0.3 is 10.3 Å². The van der Waals surface area contributed by atoms with Gasteiger partial charge in [0.2, 0.25) is 0 Å². The molecule has 9 heteroatoms. The van der Waals surface area contributed by atoms with Crippen molar-refractivity contribution in [1.29, 1.82) is 0 Å². The van der Waals surface area contributed by atoms with Gasteiger partial charge in [-0.1, -0.05) is 6.42 Å². The highest BCUT2D eigenvalue weighted by Gasteiger charge is 2.31. The first kappa shape index (κ1) is 16.6. The molecule has 2 heterocycles. The van der Waals surface area contributed by atoms with Crippen LogP contribution in [0.2, 0.25) is 0 Å². The number of aromatic nitrogens is 3. The molecule has 1 aliphatic carbocycles. The van der Waals surface area contributed by atoms with Gasteiger partial charge in [0.1, 0.15) is 17.3 Å². The molecule has 0 amide bonds. The third-order valence-electron chi connectivity index (χ3n) is 4.58. The smallest absolute Gasteiger partial charge is 0.340 e. The minimum Gasteiger partial charge on any atom is -0.340 e. The first-order chi connectivity index (χ1) is 12.3. The molecule has 0 aliphatic heterocycles. The van der Waals surface area contributed by atoms with Gasteiger partial charge in [0.15, 0.2) is 0 Å². The fraction of sp³-hybridized carbons (Fsp3) is 0.294. The minimum atomic E-state index is -4.68. The van der Waals surface area contributed by atoms with E-state index in [0.717, 1.165) is 37.0 Å². The van der Waals surface area contributed by atoms with Crippen molar-refractivity contribution in [1.82, 2.24) is 14.6 Å². The number of nitrogens with one attached hydrogen (secondary N) is 2. The number of halogens is 4. The highest BCUT2D eigenvalue weighted by Crippen LogP contribution is 2.38. The van der Waals surface area contributed by atoms with Gasteiger partial charge in [0.05, 0.1) is 11.8 Å². The highest BCUT2D eigenvalue weighted by atomic mass is 19.4. The molecule has 2 aromatic heterocycles. The third kappa shape index (κ3) is 2.93. The summed E-state index contributed by atoms with van der Waals surface area (Å²) in [4.78, 5) is 14.7. The minimum absolute atomic E-state index is 0.120. The molecule has 1 aliphatic rings. The first-order valence-electron chi connectivity index (χ1n) is 8.07. The third-order valence-corrected chi connectivity index (χ3v) is 4.58. The fourth-order valence-corrected chi connectivity index (χ4v) is 3.09. The van der Waals surface area contributed by atoms with E-state index in [4.69, 9.17) is 0 Å². The van der Waals surface area contributed by atoms with Crippen molar-refractivity contribution in [2.24, 2.45) is 0 Å². The Morgan fingerprint density at radius 2 is 1.96 bits per heavy atom. The average Bonchev–Trinajstić information content (AvgIpc) is 2.88. The van der Waals surface area contributed by atoms with Crippen molar-refractivity contribution >= 4 is 17.2 Å². The standard InChI is InChI=1S/C17H14F4N4O/c18-11-4-10(17(19,20)21)5-12(6-11)23-14-7-15(26)24-16-13(8-22-25(14)16)9-2-1-3-9/h4-9,23H,1-3H2,(H,24,26). The predicted molar refractivity (Wildman–Crippen MR) is 87.1 cm³/mol. The maximum absolute atomic E-state index is 13.6. The highest BCUT2D eigenvalue weighted by molar-refractivity contribution is 5.62. The van der Waals surface area contributed by atoms with Crippen molar-refractivity contribution < 1.29 is 17.6 Å². The quantitative estimate of drug-likeness (QED) is 0.683. The Morgan fingerprint density at radius 1 is 1.19 bits per heavy atom. The van der Waals surface area contributed by atoms with Gasteiger partial charge in [-0.3, -0.25) is 4.79 Å². The summed E-state index contributed by atoms with van der Waals surface area (Å²) in [7, 11) is 0. The summed E-state index contributed by atoms with van der Waals surface area (Å²) < 4.78 is 53.6. The Hall–Kier alpha value is -2.84. The van der Waals surface area contributed by atoms with Gasteiger partial charge in [0.25, 0.3) is 5.56 Å². The van der Waals surface area contributed by atoms with E-state index in [0.29, 0.717) is 17.6 Å². The van der Waals surface area contributed by atoms with E-state index in [9.17, 15) is 22.4 Å². The molecule has 2 N–H and O–H groups in total. The van der Waals surface area contributed by atoms with Crippen LogP contribution >= 0.6 is 0 Å². The number of alkyl halides is 3. The number of benzene rings is 1. The van der Waals surface area contributed by atoms with Crippen molar-refractivity contribution in [3.63, 3.8) is 0 Å². The van der Waals surface area contributed by atoms with Gasteiger partial charge in [-0.25, -0.2) is 8.91 Å². The van der Waals surface area contributed by atoms with Gasteiger partial charge in [-0.2, -0.15) is 18.3 Å². The van der Waals surface area contributed by atoms with Crippen LogP contribution in [0.25, 0.3) is 5.65 Å². The van der Waals surface area contributed by atoms with Gasteiger partial charge >= 0.3 is 6.18 Å². The Kier molecular flexibility index (Phi) is 3.74. The molecule has 1 saturated carbocycles. The van der Waals surface area contributed by atoms with E-state index >= 15 is 0 Å². The topological polar surface area (TPSA) is 62.2 Å². The Bertz CT molecular complexity index is 1030. The summed E-state index contributed by atoms with van der Waals surface area (Å²) in [5.74, 6) is -0.559. The second kappa shape index (κ2) is 5.86. The van der Waals surface area contributed by atoms with Gasteiger partial charge in [-0.15, -0.1) is 0 Å². The van der Waals surface area contributed by atoms with E-state index in [1.807, 2.05) is 0 Å². The van der Waals surface area contributed by atoms with Crippen LogP contribution in [-0.4, -0.2) is 14.6 Å². The second-order valence-electron chi connectivity index (χ2n) is 6.36. The van der Waals surface area contributed by atoms with Gasteiger partial charge in [-0.05, 0) is 37.0 Å². The fourth-order valence-electron chi connectivity index (χ4n) is 3.09. The molecular formula is C17H14F4N4O. The summed E-state index contributed by atoms with van der Waals surface area (Å²) in [6, 6.07) is 3.30. The molecule has 5 nitrogen and oxygen atoms in total. The van der Waals surface area contributed by atoms with E-state index in [-0.39, 0.29) is 11.5 Å². The monoisotopic (exact) mass is 366 g/mol. The Labute approximate surface area is 144 Å². The molecular weight excluding hydrogens is 352 g/mol. The molecule has 3 aromatic rings. The predicted octanol–water partition coefficient (Wildman–Crippen LogP) is 4.19. The number of fused-ring (bicyclic) bond motifs is 1.